The maximum atomic E-state index is 5.29. The lowest BCUT2D eigenvalue weighted by Gasteiger charge is -2.42. The molecule has 3 aliphatic carbocycles. The number of imidazole rings is 2. The van der Waals surface area contributed by atoms with Gasteiger partial charge in [0.05, 0.1) is 44.8 Å². The van der Waals surface area contributed by atoms with E-state index in [1.807, 2.05) is 48.5 Å². The van der Waals surface area contributed by atoms with Crippen molar-refractivity contribution in [3.05, 3.63) is 264 Å². The highest BCUT2D eigenvalue weighted by atomic mass is 15.1. The summed E-state index contributed by atoms with van der Waals surface area (Å²) in [6.45, 7) is 0. The smallest absolute Gasteiger partial charge is 0.160 e. The van der Waals surface area contributed by atoms with Crippen molar-refractivity contribution in [3.8, 4) is 90.6 Å². The molecular weight excluding hydrogens is 929 g/mol. The summed E-state index contributed by atoms with van der Waals surface area (Å²) < 4.78 is 4.31. The van der Waals surface area contributed by atoms with Crippen LogP contribution in [0.15, 0.2) is 231 Å². The zero-order chi connectivity index (χ0) is 50.4. The average molecular weight is 975 g/mol. The second-order valence-corrected chi connectivity index (χ2v) is 20.0. The lowest BCUT2D eigenvalue weighted by molar-refractivity contribution is 0.755. The van der Waals surface area contributed by atoms with Gasteiger partial charge in [-0.25, -0.2) is 29.9 Å². The standard InChI is InChI=1S/C68H46N8/c1-75-61-23-13-11-21-55(61)73-67(75)45-29-25-41(26-30-45)57-39-59(71-65(69-57)43-15-5-3-6-16-43)47-33-35-51-53(37-47)63-49-19-9-10-20-50(49)64(51)54-38-48(34-36-52(54)63)60-40-58(70-66(72-60)44-17-7-4-8-18-44)42-27-31-46(32-28-42)68-74-56-22-12-14-24-62(56)76(68)2/h3-40,63-64H,1-2H3. The van der Waals surface area contributed by atoms with Gasteiger partial charge in [-0.05, 0) is 81.9 Å². The van der Waals surface area contributed by atoms with Crippen LogP contribution in [-0.2, 0) is 14.1 Å². The van der Waals surface area contributed by atoms with Crippen molar-refractivity contribution in [2.24, 2.45) is 14.1 Å². The average Bonchev–Trinajstić information content (AvgIpc) is 4.14. The number of aryl methyl sites for hydroxylation is 2. The van der Waals surface area contributed by atoms with Gasteiger partial charge in [-0.1, -0.05) is 182 Å². The summed E-state index contributed by atoms with van der Waals surface area (Å²) in [5.41, 5.74) is 23.8. The summed E-state index contributed by atoms with van der Waals surface area (Å²) >= 11 is 0. The highest BCUT2D eigenvalue weighted by Gasteiger charge is 2.41. The van der Waals surface area contributed by atoms with Crippen molar-refractivity contribution >= 4 is 22.1 Å². The van der Waals surface area contributed by atoms with Crippen LogP contribution in [0.25, 0.3) is 113 Å². The number of aromatic nitrogens is 8. The van der Waals surface area contributed by atoms with E-state index < -0.39 is 0 Å². The molecule has 2 bridgehead atoms. The van der Waals surface area contributed by atoms with Crippen LogP contribution in [0.3, 0.4) is 0 Å². The third kappa shape index (κ3) is 7.13. The van der Waals surface area contributed by atoms with Gasteiger partial charge >= 0.3 is 0 Å². The third-order valence-corrected chi connectivity index (χ3v) is 15.6. The molecule has 0 saturated carbocycles. The Hall–Kier alpha value is -9.92. The second kappa shape index (κ2) is 17.4. The molecule has 4 aromatic heterocycles. The van der Waals surface area contributed by atoms with Crippen molar-refractivity contribution in [2.75, 3.05) is 0 Å². The molecule has 0 saturated heterocycles. The van der Waals surface area contributed by atoms with Gasteiger partial charge in [0.25, 0.3) is 0 Å². The van der Waals surface area contributed by atoms with Crippen LogP contribution in [-0.4, -0.2) is 39.0 Å². The van der Waals surface area contributed by atoms with Crippen LogP contribution in [0.1, 0.15) is 45.2 Å². The highest BCUT2D eigenvalue weighted by molar-refractivity contribution is 5.84. The lowest BCUT2D eigenvalue weighted by Crippen LogP contribution is -2.27. The van der Waals surface area contributed by atoms with Crippen molar-refractivity contribution < 1.29 is 0 Å². The number of benzene rings is 9. The number of hydrogen-bond acceptors (Lipinski definition) is 6. The van der Waals surface area contributed by atoms with E-state index in [1.54, 1.807) is 0 Å². The highest BCUT2D eigenvalue weighted by Crippen LogP contribution is 2.57. The Bertz CT molecular complexity index is 4140. The SMILES string of the molecule is Cn1c(-c2ccc(-c3cc(-c4ccc5c(c4)C4c6ccccc6C5c5cc(-c6cc(-c7ccc(-c8nc9ccccc9n8C)cc7)nc(-c7ccccc7)n6)ccc54)nc(-c4ccccc4)n3)cc2)nc2ccccc21. The first kappa shape index (κ1) is 43.6. The van der Waals surface area contributed by atoms with Gasteiger partial charge in [-0.3, -0.25) is 0 Å². The molecule has 0 N–H and O–H groups in total. The Morgan fingerprint density at radius 2 is 0.592 bits per heavy atom. The second-order valence-electron chi connectivity index (χ2n) is 20.0. The van der Waals surface area contributed by atoms with E-state index in [2.05, 4.69) is 205 Å². The van der Waals surface area contributed by atoms with Gasteiger partial charge < -0.3 is 9.13 Å². The number of fused-ring (bicyclic) bond motifs is 2. The Morgan fingerprint density at radius 1 is 0.263 bits per heavy atom. The topological polar surface area (TPSA) is 87.2 Å². The molecule has 13 aromatic rings. The molecule has 3 aliphatic rings. The fraction of sp³-hybridized carbons (Fsp3) is 0.0588. The molecule has 0 spiro atoms. The summed E-state index contributed by atoms with van der Waals surface area (Å²) in [5.74, 6) is 3.32. The largest absolute Gasteiger partial charge is 0.327 e. The van der Waals surface area contributed by atoms with Gasteiger partial charge in [-0.2, -0.15) is 0 Å². The predicted molar refractivity (Wildman–Crippen MR) is 304 cm³/mol. The number of rotatable bonds is 8. The van der Waals surface area contributed by atoms with Crippen LogP contribution in [0.2, 0.25) is 0 Å². The maximum Gasteiger partial charge on any atom is 0.160 e. The molecule has 0 radical (unpaired) electrons. The van der Waals surface area contributed by atoms with Crippen molar-refractivity contribution in [2.45, 2.75) is 11.8 Å². The van der Waals surface area contributed by atoms with E-state index in [4.69, 9.17) is 29.9 Å². The number of nitrogens with zero attached hydrogens (tertiary/aromatic N) is 8. The molecule has 16 rings (SSSR count). The van der Waals surface area contributed by atoms with Gasteiger partial charge in [0.1, 0.15) is 11.6 Å². The zero-order valence-electron chi connectivity index (χ0n) is 41.7. The summed E-state index contributed by atoms with van der Waals surface area (Å²) in [6, 6.07) is 81.5. The summed E-state index contributed by atoms with van der Waals surface area (Å²) in [7, 11) is 4.15. The monoisotopic (exact) mass is 974 g/mol. The maximum absolute atomic E-state index is 5.29. The summed E-state index contributed by atoms with van der Waals surface area (Å²) in [4.78, 5) is 30.9. The first-order chi connectivity index (χ1) is 37.5. The predicted octanol–water partition coefficient (Wildman–Crippen LogP) is 15.4. The van der Waals surface area contributed by atoms with Crippen LogP contribution in [0.4, 0.5) is 0 Å². The Labute approximate surface area is 439 Å². The van der Waals surface area contributed by atoms with Crippen LogP contribution in [0.5, 0.6) is 0 Å². The van der Waals surface area contributed by atoms with Crippen molar-refractivity contribution in [3.63, 3.8) is 0 Å². The fourth-order valence-corrected chi connectivity index (χ4v) is 11.8. The van der Waals surface area contributed by atoms with E-state index in [-0.39, 0.29) is 11.8 Å². The molecule has 8 heteroatoms. The molecule has 0 fully saturated rings. The van der Waals surface area contributed by atoms with E-state index in [9.17, 15) is 0 Å². The number of para-hydroxylation sites is 4. The Balaban J connectivity index is 0.808. The van der Waals surface area contributed by atoms with E-state index >= 15 is 0 Å². The van der Waals surface area contributed by atoms with Crippen molar-refractivity contribution in [1.82, 2.24) is 39.0 Å². The van der Waals surface area contributed by atoms with Crippen LogP contribution in [0, 0.1) is 0 Å². The van der Waals surface area contributed by atoms with Gasteiger partial charge in [-0.15, -0.1) is 0 Å². The third-order valence-electron chi connectivity index (χ3n) is 15.6. The fourth-order valence-electron chi connectivity index (χ4n) is 11.8. The van der Waals surface area contributed by atoms with Gasteiger partial charge in [0, 0.05) is 70.4 Å². The molecule has 4 heterocycles. The zero-order valence-corrected chi connectivity index (χ0v) is 41.7. The molecule has 2 unspecified atom stereocenters. The minimum Gasteiger partial charge on any atom is -0.327 e. The lowest BCUT2D eigenvalue weighted by atomic mass is 9.60. The molecule has 358 valence electrons. The first-order valence-corrected chi connectivity index (χ1v) is 25.8. The van der Waals surface area contributed by atoms with E-state index in [0.29, 0.717) is 11.6 Å². The molecule has 9 aromatic carbocycles. The molecule has 0 aliphatic heterocycles. The number of hydrogen-bond donors (Lipinski definition) is 0. The minimum atomic E-state index is 0.0427. The Morgan fingerprint density at radius 3 is 1.00 bits per heavy atom. The van der Waals surface area contributed by atoms with Gasteiger partial charge in [0.2, 0.25) is 0 Å². The summed E-state index contributed by atoms with van der Waals surface area (Å²) in [6.07, 6.45) is 0. The van der Waals surface area contributed by atoms with Crippen LogP contribution < -0.4 is 0 Å². The quantitative estimate of drug-likeness (QED) is 0.151. The molecular formula is C68H46N8. The van der Waals surface area contributed by atoms with E-state index in [1.165, 1.54) is 33.4 Å². The summed E-state index contributed by atoms with van der Waals surface area (Å²) in [5, 5.41) is 0. The first-order valence-electron chi connectivity index (χ1n) is 25.8. The van der Waals surface area contributed by atoms with Crippen molar-refractivity contribution in [1.29, 1.82) is 0 Å². The van der Waals surface area contributed by atoms with Gasteiger partial charge in [0.15, 0.2) is 11.6 Å². The molecule has 76 heavy (non-hydrogen) atoms. The normalized spacial score (nSPS) is 14.2. The Kier molecular flexibility index (Phi) is 9.97. The minimum absolute atomic E-state index is 0.0427. The molecule has 2 atom stereocenters. The molecule has 8 nitrogen and oxygen atoms in total. The van der Waals surface area contributed by atoms with E-state index in [0.717, 1.165) is 101 Å². The van der Waals surface area contributed by atoms with Crippen LogP contribution >= 0.6 is 0 Å². The molecule has 0 amide bonds.